The third-order valence-electron chi connectivity index (χ3n) is 20.2. The van der Waals surface area contributed by atoms with Crippen molar-refractivity contribution >= 4 is 80.3 Å². The molecular weight excluding hydrogens is 1560 g/mol. The number of amides is 8. The summed E-state index contributed by atoms with van der Waals surface area (Å²) in [6.45, 7) is 13.1. The van der Waals surface area contributed by atoms with Gasteiger partial charge in [-0.25, -0.2) is 24.4 Å². The van der Waals surface area contributed by atoms with Crippen LogP contribution in [-0.2, 0) is 76.4 Å². The molecular formula is C68H107FN24O18S3. The number of aryl methyl sites for hydroxylation is 4. The number of carbonyl (C=O) groups is 4. The highest BCUT2D eigenvalue weighted by Gasteiger charge is 2.57. The van der Waals surface area contributed by atoms with E-state index >= 15 is 0 Å². The number of nitrogens with one attached hydrogen (secondary N) is 4. The van der Waals surface area contributed by atoms with Gasteiger partial charge in [-0.3, -0.25) is 72.9 Å². The molecule has 9 N–H and O–H groups in total. The summed E-state index contributed by atoms with van der Waals surface area (Å²) in [6, 6.07) is 4.06. The van der Waals surface area contributed by atoms with Crippen LogP contribution in [0.4, 0.5) is 23.6 Å². The first-order valence-electron chi connectivity index (χ1n) is 37.4. The number of amidine groups is 4. The fourth-order valence-electron chi connectivity index (χ4n) is 15.1. The van der Waals surface area contributed by atoms with Crippen LogP contribution in [0, 0.1) is 0 Å². The van der Waals surface area contributed by atoms with Gasteiger partial charge < -0.3 is 35.6 Å². The van der Waals surface area contributed by atoms with Crippen molar-refractivity contribution in [2.45, 2.75) is 186 Å². The van der Waals surface area contributed by atoms with Crippen LogP contribution in [0.25, 0.3) is 0 Å². The predicted molar refractivity (Wildman–Crippen MR) is 414 cm³/mol. The lowest BCUT2D eigenvalue weighted by Crippen LogP contribution is -2.44. The fourth-order valence-corrected chi connectivity index (χ4v) is 15.9. The van der Waals surface area contributed by atoms with E-state index in [4.69, 9.17) is 19.2 Å². The molecule has 0 aliphatic carbocycles. The van der Waals surface area contributed by atoms with Gasteiger partial charge in [-0.1, -0.05) is 114 Å². The second-order valence-corrected chi connectivity index (χ2v) is 29.2. The zero-order valence-electron chi connectivity index (χ0n) is 66.3. The summed E-state index contributed by atoms with van der Waals surface area (Å²) in [5, 5.41) is 61.0. The molecule has 8 atom stereocenters. The lowest BCUT2D eigenvalue weighted by atomic mass is 9.97. The van der Waals surface area contributed by atoms with Crippen LogP contribution in [0.5, 0.6) is 0 Å². The zero-order valence-corrected chi connectivity index (χ0v) is 68.7. The van der Waals surface area contributed by atoms with E-state index in [0.717, 1.165) is 147 Å². The SMILES string of the molecule is CCCCCn1ncc2c1[C@@H](C(=NC)NC)N1C[C@@H]2N(O)C1=O.CCCCCn1ncc2c1[C@@H](C(=NC)NC)N1C[C@@H]2N(OCc2ccccc2)C1=O.CCCCCn1ncc2c1[C@@H](C(=NC)NC)N1C[C@@H]2N(OS(=O)(=O)O)C1=O.CCCCCn1ncc2c1[C@@H](C(=NC)NO)N1C[C@@H]2N(OS(=O)(=O)O)C1=O.CF.CSOOO. The summed E-state index contributed by atoms with van der Waals surface area (Å²) < 4.78 is 92.7. The van der Waals surface area contributed by atoms with Crippen molar-refractivity contribution in [2.24, 2.45) is 20.0 Å². The molecule has 4 aromatic heterocycles. The van der Waals surface area contributed by atoms with Gasteiger partial charge >= 0.3 is 44.9 Å². The van der Waals surface area contributed by atoms with E-state index in [-0.39, 0.29) is 55.2 Å². The summed E-state index contributed by atoms with van der Waals surface area (Å²) in [5.41, 5.74) is 9.61. The quantitative estimate of drug-likeness (QED) is 0.00324. The topological polar surface area (TPSA) is 479 Å². The molecule has 632 valence electrons. The highest BCUT2D eigenvalue weighted by Crippen LogP contribution is 2.49. The third kappa shape index (κ3) is 19.8. The summed E-state index contributed by atoms with van der Waals surface area (Å²) in [4.78, 5) is 80.4. The zero-order chi connectivity index (χ0) is 83.3. The number of nitrogens with zero attached hydrogens (tertiary/aromatic N) is 20. The minimum atomic E-state index is -4.89. The summed E-state index contributed by atoms with van der Waals surface area (Å²) >= 11 is 0.929. The maximum atomic E-state index is 13.3. The van der Waals surface area contributed by atoms with Gasteiger partial charge in [0.15, 0.2) is 0 Å². The van der Waals surface area contributed by atoms with Gasteiger partial charge in [0.1, 0.15) is 78.3 Å². The monoisotopic (exact) mass is 1660 g/mol. The van der Waals surface area contributed by atoms with Crippen LogP contribution in [0.15, 0.2) is 75.1 Å². The molecule has 0 spiro atoms. The number of hydrogen-bond acceptors (Lipinski definition) is 25. The smallest absolute Gasteiger partial charge is 0.375 e. The number of hydrogen-bond donors (Lipinski definition) is 9. The van der Waals surface area contributed by atoms with E-state index in [9.17, 15) is 50.8 Å². The lowest BCUT2D eigenvalue weighted by molar-refractivity contribution is -0.432. The van der Waals surface area contributed by atoms with E-state index in [1.807, 2.05) is 68.0 Å². The molecule has 5 aromatic rings. The number of halogens is 1. The minimum absolute atomic E-state index is 0.0906. The Bertz CT molecular complexity index is 4250. The second kappa shape index (κ2) is 41.9. The van der Waals surface area contributed by atoms with Crippen LogP contribution < -0.4 is 21.4 Å². The summed E-state index contributed by atoms with van der Waals surface area (Å²) in [7, 11) is 2.64. The molecule has 1 aromatic carbocycles. The Kier molecular flexibility index (Phi) is 33.2. The van der Waals surface area contributed by atoms with Crippen LogP contribution in [0.3, 0.4) is 0 Å². The summed E-state index contributed by atoms with van der Waals surface area (Å²) in [5.74, 6) is 2.11. The number of benzene rings is 1. The molecule has 42 nitrogen and oxygen atoms in total. The van der Waals surface area contributed by atoms with Crippen molar-refractivity contribution in [3.63, 3.8) is 0 Å². The van der Waals surface area contributed by atoms with Crippen molar-refractivity contribution < 1.29 is 88.0 Å². The summed E-state index contributed by atoms with van der Waals surface area (Å²) in [6.07, 6.45) is 21.1. The first kappa shape index (κ1) is 90.3. The number of likely N-dealkylation sites (N-methyl/N-ethyl adjacent to an activating group) is 3. The highest BCUT2D eigenvalue weighted by atomic mass is 32.3. The molecule has 8 amide bonds. The van der Waals surface area contributed by atoms with Crippen molar-refractivity contribution in [3.8, 4) is 0 Å². The minimum Gasteiger partial charge on any atom is -0.375 e. The largest absolute Gasteiger partial charge is 0.418 e. The van der Waals surface area contributed by atoms with Gasteiger partial charge in [0, 0.05) is 116 Å². The van der Waals surface area contributed by atoms with Crippen LogP contribution in [0.2, 0.25) is 0 Å². The molecule has 8 bridgehead atoms. The molecule has 114 heavy (non-hydrogen) atoms. The Balaban J connectivity index is 0.000000186. The van der Waals surface area contributed by atoms with Crippen molar-refractivity contribution in [2.75, 3.05) is 88.9 Å². The van der Waals surface area contributed by atoms with E-state index < -0.39 is 57.0 Å². The Morgan fingerprint density at radius 2 is 0.807 bits per heavy atom. The van der Waals surface area contributed by atoms with Gasteiger partial charge in [0.25, 0.3) is 0 Å². The molecule has 8 aliphatic rings. The maximum absolute atomic E-state index is 13.3. The molecule has 8 aliphatic heterocycles. The average Bonchev–Trinajstić information content (AvgIpc) is 1.58. The molecule has 4 fully saturated rings. The highest BCUT2D eigenvalue weighted by molar-refractivity contribution is 7.93. The average molecular weight is 1660 g/mol. The van der Waals surface area contributed by atoms with Gasteiger partial charge in [-0.05, 0) is 31.2 Å². The maximum Gasteiger partial charge on any atom is 0.418 e. The molecule has 12 heterocycles. The normalized spacial score (nSPS) is 21.2. The number of hydroxylamine groups is 9. The third-order valence-corrected chi connectivity index (χ3v) is 21.1. The first-order chi connectivity index (χ1) is 54.9. The van der Waals surface area contributed by atoms with E-state index in [0.29, 0.717) is 78.6 Å². The van der Waals surface area contributed by atoms with Crippen LogP contribution in [-0.4, -0.2) is 257 Å². The van der Waals surface area contributed by atoms with Gasteiger partial charge in [-0.15, -0.1) is 12.9 Å². The van der Waals surface area contributed by atoms with E-state index in [2.05, 4.69) is 102 Å². The van der Waals surface area contributed by atoms with Crippen molar-refractivity contribution in [3.05, 3.63) is 106 Å². The molecule has 0 saturated carbocycles. The molecule has 4 saturated heterocycles. The Hall–Kier alpha value is -9.20. The molecule has 13 rings (SSSR count). The van der Waals surface area contributed by atoms with Crippen molar-refractivity contribution in [1.82, 2.24) is 100 Å². The van der Waals surface area contributed by atoms with Gasteiger partial charge in [0.05, 0.1) is 80.9 Å². The second-order valence-electron chi connectivity index (χ2n) is 26.8. The lowest BCUT2D eigenvalue weighted by Gasteiger charge is -2.32. The number of unbranched alkanes of at least 4 members (excludes halogenated alkanes) is 8. The number of carbonyl (C=O) groups excluding carboxylic acids is 4. The van der Waals surface area contributed by atoms with Crippen LogP contribution in [0.1, 0.15) is 204 Å². The number of aromatic nitrogens is 8. The van der Waals surface area contributed by atoms with Crippen LogP contribution >= 0.6 is 12.0 Å². The number of fused-ring (bicyclic) bond motifs is 16. The molecule has 0 unspecified atom stereocenters. The molecule has 46 heteroatoms. The predicted octanol–water partition coefficient (Wildman–Crippen LogP) is 7.64. The Morgan fingerprint density at radius 1 is 0.500 bits per heavy atom. The van der Waals surface area contributed by atoms with E-state index in [1.54, 1.807) is 69.7 Å². The van der Waals surface area contributed by atoms with Gasteiger partial charge in [0.2, 0.25) is 0 Å². The fraction of sp³-hybridized carbons (Fsp3) is 0.618. The molecule has 0 radical (unpaired) electrons. The number of urea groups is 4. The van der Waals surface area contributed by atoms with Gasteiger partial charge in [-0.2, -0.15) is 57.5 Å². The number of alkyl halides is 1. The number of rotatable bonds is 29. The van der Waals surface area contributed by atoms with Crippen molar-refractivity contribution in [1.29, 1.82) is 0 Å². The Labute approximate surface area is 666 Å². The Morgan fingerprint density at radius 3 is 1.10 bits per heavy atom. The number of aliphatic imine (C=N–C) groups is 4. The standard InChI is InChI=1S/C22H30N6O2.C15H24N6O5S.C15H24N6O2.C14H22N6O6S.CH3F.CH4O3S/c1-4-5-9-12-27-19-17(13-25-27)18-14-26(20(19)21(23-2)24-3)22(29)28(18)30-15-16-10-7-6-8-11-16;1-4-5-6-7-20-12-10(8-18-20)11-9-19(13(12)14(16-2)17-3)15(22)21(11)26-27(23,24)25;1-4-5-6-7-20-12-10(8-18-20)11-9-19(15(22)21(11)23)13(12)14(16-2)17-3;1-3-4-5-6-19-11-9(7-16-19)10-8-18(12(11)13(15-2)17-22)14(21)20(10)26-27(23,24)25;1-2;1-5-4-3-2/h6-8,10-11,13,18,20H,4-5,9,12,14-15H2,1-3H3,(H,23,24);8,11,13H,4-7,9H2,1-3H3,(H,16,17)(H,23,24,25);8,11,13,23H,4-7,9H2,1-3H3,(H,16,17);7,10,12,22H,3-6,8H2,1-2H3,(H,15,17)(H,23,24,25);1H3;2H,1H3/t18-,20-;2*11-,13-;10-,12-;;/m0000../s1. The van der Waals surface area contributed by atoms with E-state index in [1.165, 1.54) is 21.9 Å². The first-order valence-corrected chi connectivity index (χ1v) is 41.3.